The number of rotatable bonds is 6. The van der Waals surface area contributed by atoms with Crippen LogP contribution in [0.3, 0.4) is 0 Å². The van der Waals surface area contributed by atoms with Gasteiger partial charge in [-0.15, -0.1) is 0 Å². The van der Waals surface area contributed by atoms with Gasteiger partial charge in [-0.3, -0.25) is 14.4 Å². The number of esters is 1. The predicted molar refractivity (Wildman–Crippen MR) is 125 cm³/mol. The second-order valence-electron chi connectivity index (χ2n) is 11.4. The molecule has 176 valence electrons. The normalized spacial score (nSPS) is 40.5. The zero-order valence-corrected chi connectivity index (χ0v) is 20.6. The number of allylic oxidation sites excluding steroid dienone is 4. The first-order valence-electron chi connectivity index (χ1n) is 12.8. The maximum Gasteiger partial charge on any atom is 0.306 e. The molecular weight excluding hydrogens is 400 g/mol. The number of Topliss-reactive ketones (excluding diaryl/α,β-unsaturated/α-hetero) is 1. The van der Waals surface area contributed by atoms with E-state index in [-0.39, 0.29) is 28.4 Å². The van der Waals surface area contributed by atoms with Crippen molar-refractivity contribution in [1.29, 1.82) is 0 Å². The highest BCUT2D eigenvalue weighted by molar-refractivity contribution is 5.92. The van der Waals surface area contributed by atoms with Crippen LogP contribution in [0.4, 0.5) is 0 Å². The lowest BCUT2D eigenvalue weighted by Crippen LogP contribution is -2.58. The molecule has 0 N–H and O–H groups in total. The minimum Gasteiger partial charge on any atom is -0.450 e. The van der Waals surface area contributed by atoms with Gasteiger partial charge < -0.3 is 4.74 Å². The van der Waals surface area contributed by atoms with Crippen LogP contribution in [0.5, 0.6) is 0 Å². The summed E-state index contributed by atoms with van der Waals surface area (Å²) in [5.41, 5.74) is 1.16. The van der Waals surface area contributed by atoms with E-state index in [0.29, 0.717) is 37.0 Å². The van der Waals surface area contributed by atoms with Gasteiger partial charge in [0.2, 0.25) is 0 Å². The Labute approximate surface area is 193 Å². The molecule has 0 aromatic heterocycles. The van der Waals surface area contributed by atoms with E-state index in [9.17, 15) is 14.4 Å². The monoisotopic (exact) mass is 440 g/mol. The van der Waals surface area contributed by atoms with E-state index in [4.69, 9.17) is 4.74 Å². The Balaban J connectivity index is 1.67. The third kappa shape index (κ3) is 3.35. The van der Waals surface area contributed by atoms with E-state index < -0.39 is 5.60 Å². The highest BCUT2D eigenvalue weighted by Crippen LogP contribution is 2.67. The van der Waals surface area contributed by atoms with Crippen molar-refractivity contribution in [3.8, 4) is 0 Å². The molecule has 2 saturated carbocycles. The summed E-state index contributed by atoms with van der Waals surface area (Å²) in [6.07, 6.45) is 12.6. The molecule has 4 aliphatic rings. The minimum atomic E-state index is -0.993. The molecule has 4 aliphatic carbocycles. The summed E-state index contributed by atoms with van der Waals surface area (Å²) in [4.78, 5) is 38.1. The molecule has 0 aromatic carbocycles. The van der Waals surface area contributed by atoms with E-state index in [2.05, 4.69) is 33.8 Å². The smallest absolute Gasteiger partial charge is 0.306 e. The third-order valence-electron chi connectivity index (χ3n) is 9.79. The Bertz CT molecular complexity index is 882. The first kappa shape index (κ1) is 23.4. The van der Waals surface area contributed by atoms with Gasteiger partial charge in [0, 0.05) is 18.3 Å². The highest BCUT2D eigenvalue weighted by Gasteiger charge is 2.67. The molecule has 4 heteroatoms. The maximum absolute atomic E-state index is 13.1. The number of unbranched alkanes of at least 4 members (excludes halogenated alkanes) is 2. The number of hydrogen-bond donors (Lipinski definition) is 0. The molecule has 0 aromatic rings. The summed E-state index contributed by atoms with van der Waals surface area (Å²) in [5, 5.41) is 0. The van der Waals surface area contributed by atoms with Crippen molar-refractivity contribution in [3.05, 3.63) is 23.3 Å². The standard InChI is InChI=1S/C28H40O4/c1-6-7-8-9-25(31)32-28(19(3)29)15-12-23-21-16-18(2)24-17-20(30)10-13-26(24,4)22(21)11-14-27(23,28)5/h16-17,21-23H,6-15H2,1-5H3/t21-,22-,23-,26-,27+,28+/m1/s1. The van der Waals surface area contributed by atoms with Gasteiger partial charge in [0.25, 0.3) is 0 Å². The van der Waals surface area contributed by atoms with Crippen LogP contribution in [-0.2, 0) is 19.1 Å². The van der Waals surface area contributed by atoms with Gasteiger partial charge in [-0.25, -0.2) is 0 Å². The largest absolute Gasteiger partial charge is 0.450 e. The molecule has 4 nitrogen and oxygen atoms in total. The summed E-state index contributed by atoms with van der Waals surface area (Å²) in [5.74, 6) is 1.21. The second-order valence-corrected chi connectivity index (χ2v) is 11.4. The Hall–Kier alpha value is -1.71. The zero-order valence-electron chi connectivity index (χ0n) is 20.6. The lowest BCUT2D eigenvalue weighted by molar-refractivity contribution is -0.187. The van der Waals surface area contributed by atoms with Crippen LogP contribution >= 0.6 is 0 Å². The van der Waals surface area contributed by atoms with Gasteiger partial charge in [-0.2, -0.15) is 0 Å². The summed E-state index contributed by atoms with van der Waals surface area (Å²) < 4.78 is 6.17. The maximum atomic E-state index is 13.1. The van der Waals surface area contributed by atoms with Crippen molar-refractivity contribution >= 4 is 17.5 Å². The van der Waals surface area contributed by atoms with Crippen molar-refractivity contribution in [2.45, 2.75) is 104 Å². The van der Waals surface area contributed by atoms with Crippen LogP contribution in [0, 0.1) is 28.6 Å². The number of hydrogen-bond acceptors (Lipinski definition) is 4. The van der Waals surface area contributed by atoms with Gasteiger partial charge in [-0.1, -0.05) is 45.3 Å². The topological polar surface area (TPSA) is 60.4 Å². The van der Waals surface area contributed by atoms with E-state index in [1.165, 1.54) is 11.1 Å². The van der Waals surface area contributed by atoms with E-state index in [1.54, 1.807) is 6.92 Å². The Kier molecular flexibility index (Phi) is 6.05. The molecule has 0 aliphatic heterocycles. The summed E-state index contributed by atoms with van der Waals surface area (Å²) in [7, 11) is 0. The number of ketones is 2. The van der Waals surface area contributed by atoms with Crippen molar-refractivity contribution in [3.63, 3.8) is 0 Å². The molecule has 0 bridgehead atoms. The molecule has 0 radical (unpaired) electrons. The van der Waals surface area contributed by atoms with E-state index >= 15 is 0 Å². The van der Waals surface area contributed by atoms with Gasteiger partial charge in [0.05, 0.1) is 0 Å². The van der Waals surface area contributed by atoms with Crippen LogP contribution in [-0.4, -0.2) is 23.1 Å². The van der Waals surface area contributed by atoms with Crippen LogP contribution in [0.15, 0.2) is 23.3 Å². The predicted octanol–water partition coefficient (Wildman–Crippen LogP) is 6.14. The molecule has 0 spiro atoms. The van der Waals surface area contributed by atoms with Crippen LogP contribution < -0.4 is 0 Å². The fraction of sp³-hybridized carbons (Fsp3) is 0.750. The second kappa shape index (κ2) is 8.25. The number of ether oxygens (including phenoxy) is 1. The molecule has 0 unspecified atom stereocenters. The molecule has 32 heavy (non-hydrogen) atoms. The Morgan fingerprint density at radius 1 is 1.09 bits per heavy atom. The lowest BCUT2D eigenvalue weighted by atomic mass is 9.47. The number of carbonyl (C=O) groups excluding carboxylic acids is 3. The molecule has 0 heterocycles. The van der Waals surface area contributed by atoms with Gasteiger partial charge in [0.1, 0.15) is 0 Å². The van der Waals surface area contributed by atoms with Crippen molar-refractivity contribution < 1.29 is 19.1 Å². The Morgan fingerprint density at radius 2 is 1.81 bits per heavy atom. The first-order valence-corrected chi connectivity index (χ1v) is 12.8. The average Bonchev–Trinajstić information content (AvgIpc) is 3.03. The molecule has 4 rings (SSSR count). The molecule has 2 fully saturated rings. The fourth-order valence-electron chi connectivity index (χ4n) is 8.00. The van der Waals surface area contributed by atoms with E-state index in [1.807, 2.05) is 6.08 Å². The summed E-state index contributed by atoms with van der Waals surface area (Å²) >= 11 is 0. The first-order chi connectivity index (χ1) is 15.1. The van der Waals surface area contributed by atoms with Gasteiger partial charge in [-0.05, 0) is 87.2 Å². The minimum absolute atomic E-state index is 0.0105. The molecule has 0 saturated heterocycles. The zero-order chi connectivity index (χ0) is 23.3. The molecule has 0 amide bonds. The van der Waals surface area contributed by atoms with Gasteiger partial charge >= 0.3 is 5.97 Å². The Morgan fingerprint density at radius 3 is 2.50 bits per heavy atom. The van der Waals surface area contributed by atoms with Crippen molar-refractivity contribution in [2.75, 3.05) is 0 Å². The summed E-state index contributed by atoms with van der Waals surface area (Å²) in [6, 6.07) is 0. The van der Waals surface area contributed by atoms with Crippen molar-refractivity contribution in [1.82, 2.24) is 0 Å². The quantitative estimate of drug-likeness (QED) is 0.368. The fourth-order valence-corrected chi connectivity index (χ4v) is 8.00. The van der Waals surface area contributed by atoms with E-state index in [0.717, 1.165) is 44.9 Å². The van der Waals surface area contributed by atoms with Crippen LogP contribution in [0.25, 0.3) is 0 Å². The van der Waals surface area contributed by atoms with Gasteiger partial charge in [0.15, 0.2) is 17.2 Å². The highest BCUT2D eigenvalue weighted by atomic mass is 16.6. The van der Waals surface area contributed by atoms with Crippen molar-refractivity contribution in [2.24, 2.45) is 28.6 Å². The average molecular weight is 441 g/mol. The van der Waals surface area contributed by atoms with Crippen LogP contribution in [0.1, 0.15) is 98.8 Å². The number of carbonyl (C=O) groups is 3. The van der Waals surface area contributed by atoms with Crippen LogP contribution in [0.2, 0.25) is 0 Å². The summed E-state index contributed by atoms with van der Waals surface area (Å²) in [6.45, 7) is 10.4. The number of fused-ring (bicyclic) bond motifs is 5. The lowest BCUT2D eigenvalue weighted by Gasteiger charge is -2.58. The SMILES string of the molecule is CCCCCC(=O)O[C@]1(C(C)=O)CC[C@@H]2[C@@H]3C=C(C)C4=CC(=O)CC[C@]4(C)[C@@H]3CC[C@@]21C. The third-order valence-corrected chi connectivity index (χ3v) is 9.79. The molecule has 6 atom stereocenters. The molecular formula is C28H40O4.